The number of nitrogens with one attached hydrogen (secondary N) is 2. The topological polar surface area (TPSA) is 61.4 Å². The monoisotopic (exact) mass is 226 g/mol. The van der Waals surface area contributed by atoms with E-state index in [9.17, 15) is 14.3 Å². The first-order valence-electron chi connectivity index (χ1n) is 5.06. The molecule has 88 valence electrons. The van der Waals surface area contributed by atoms with Crippen molar-refractivity contribution < 1.29 is 14.3 Å². The van der Waals surface area contributed by atoms with Crippen LogP contribution in [0.1, 0.15) is 16.8 Å². The highest BCUT2D eigenvalue weighted by Crippen LogP contribution is 2.17. The molecule has 1 aromatic rings. The Morgan fingerprint density at radius 3 is 2.81 bits per heavy atom. The van der Waals surface area contributed by atoms with Crippen LogP contribution in [0.25, 0.3) is 0 Å². The summed E-state index contributed by atoms with van der Waals surface area (Å²) in [6.45, 7) is 1.31. The van der Waals surface area contributed by atoms with Crippen molar-refractivity contribution in [3.05, 3.63) is 29.6 Å². The SMILES string of the molecule is CNCCCNC(=O)c1ccc(F)cc1O. The highest BCUT2D eigenvalue weighted by atomic mass is 19.1. The fourth-order valence-electron chi connectivity index (χ4n) is 1.26. The Labute approximate surface area is 93.5 Å². The molecule has 1 aromatic carbocycles. The number of carbonyl (C=O) groups is 1. The van der Waals surface area contributed by atoms with Crippen LogP contribution in [0.5, 0.6) is 5.75 Å². The second-order valence-electron chi connectivity index (χ2n) is 3.37. The van der Waals surface area contributed by atoms with Gasteiger partial charge in [-0.1, -0.05) is 0 Å². The average molecular weight is 226 g/mol. The molecule has 0 radical (unpaired) electrons. The predicted octanol–water partition coefficient (Wildman–Crippen LogP) is 0.871. The Hall–Kier alpha value is -1.62. The minimum Gasteiger partial charge on any atom is -0.507 e. The van der Waals surface area contributed by atoms with Crippen LogP contribution in [0.4, 0.5) is 4.39 Å². The van der Waals surface area contributed by atoms with Gasteiger partial charge in [-0.05, 0) is 32.1 Å². The summed E-state index contributed by atoms with van der Waals surface area (Å²) in [6.07, 6.45) is 0.796. The van der Waals surface area contributed by atoms with Crippen molar-refractivity contribution in [2.45, 2.75) is 6.42 Å². The number of halogens is 1. The Morgan fingerprint density at radius 1 is 1.44 bits per heavy atom. The highest BCUT2D eigenvalue weighted by Gasteiger charge is 2.10. The molecule has 0 aliphatic heterocycles. The van der Waals surface area contributed by atoms with Crippen molar-refractivity contribution in [2.75, 3.05) is 20.1 Å². The van der Waals surface area contributed by atoms with Gasteiger partial charge in [-0.2, -0.15) is 0 Å². The van der Waals surface area contributed by atoms with Gasteiger partial charge in [0.05, 0.1) is 5.56 Å². The zero-order valence-corrected chi connectivity index (χ0v) is 9.09. The van der Waals surface area contributed by atoms with E-state index < -0.39 is 11.7 Å². The number of hydrogen-bond acceptors (Lipinski definition) is 3. The van der Waals surface area contributed by atoms with Gasteiger partial charge in [0.1, 0.15) is 11.6 Å². The molecule has 1 amide bonds. The van der Waals surface area contributed by atoms with Crippen molar-refractivity contribution in [1.29, 1.82) is 0 Å². The van der Waals surface area contributed by atoms with E-state index >= 15 is 0 Å². The summed E-state index contributed by atoms with van der Waals surface area (Å²) in [6, 6.07) is 3.32. The maximum atomic E-state index is 12.7. The molecule has 0 heterocycles. The summed E-state index contributed by atoms with van der Waals surface area (Å²) >= 11 is 0. The van der Waals surface area contributed by atoms with Crippen molar-refractivity contribution in [3.8, 4) is 5.75 Å². The zero-order chi connectivity index (χ0) is 12.0. The van der Waals surface area contributed by atoms with E-state index in [0.29, 0.717) is 6.54 Å². The third-order valence-corrected chi connectivity index (χ3v) is 2.09. The van der Waals surface area contributed by atoms with Crippen molar-refractivity contribution in [2.24, 2.45) is 0 Å². The third-order valence-electron chi connectivity index (χ3n) is 2.09. The number of carbonyl (C=O) groups excluding carboxylic acids is 1. The smallest absolute Gasteiger partial charge is 0.255 e. The lowest BCUT2D eigenvalue weighted by Crippen LogP contribution is -2.26. The first-order valence-corrected chi connectivity index (χ1v) is 5.06. The summed E-state index contributed by atoms with van der Waals surface area (Å²) in [5, 5.41) is 14.9. The third kappa shape index (κ3) is 3.51. The first-order chi connectivity index (χ1) is 7.65. The number of amides is 1. The molecule has 0 bridgehead atoms. The van der Waals surface area contributed by atoms with Crippen molar-refractivity contribution in [3.63, 3.8) is 0 Å². The Bertz CT molecular complexity index is 369. The Kier molecular flexibility index (Phi) is 4.72. The number of phenols is 1. The van der Waals surface area contributed by atoms with E-state index in [0.717, 1.165) is 25.1 Å². The number of aromatic hydroxyl groups is 1. The molecule has 0 saturated carbocycles. The molecule has 0 saturated heterocycles. The van der Waals surface area contributed by atoms with Gasteiger partial charge in [0, 0.05) is 12.6 Å². The lowest BCUT2D eigenvalue weighted by atomic mass is 10.2. The van der Waals surface area contributed by atoms with E-state index in [4.69, 9.17) is 0 Å². The molecule has 1 rings (SSSR count). The minimum absolute atomic E-state index is 0.0888. The van der Waals surface area contributed by atoms with Crippen LogP contribution in [0.2, 0.25) is 0 Å². The number of phenolic OH excluding ortho intramolecular Hbond substituents is 1. The van der Waals surface area contributed by atoms with Gasteiger partial charge in [0.2, 0.25) is 0 Å². The van der Waals surface area contributed by atoms with Gasteiger partial charge in [-0.25, -0.2) is 4.39 Å². The predicted molar refractivity (Wildman–Crippen MR) is 58.9 cm³/mol. The number of benzene rings is 1. The van der Waals surface area contributed by atoms with Crippen molar-refractivity contribution >= 4 is 5.91 Å². The zero-order valence-electron chi connectivity index (χ0n) is 9.09. The van der Waals surface area contributed by atoms with Gasteiger partial charge in [0.25, 0.3) is 5.91 Å². The van der Waals surface area contributed by atoms with Gasteiger partial charge >= 0.3 is 0 Å². The van der Waals surface area contributed by atoms with Crippen molar-refractivity contribution in [1.82, 2.24) is 10.6 Å². The number of hydrogen-bond donors (Lipinski definition) is 3. The fourth-order valence-corrected chi connectivity index (χ4v) is 1.26. The molecule has 5 heteroatoms. The summed E-state index contributed by atoms with van der Waals surface area (Å²) in [4.78, 5) is 11.5. The van der Waals surface area contributed by atoms with E-state index in [-0.39, 0.29) is 11.3 Å². The quantitative estimate of drug-likeness (QED) is 0.653. The van der Waals surface area contributed by atoms with E-state index in [1.54, 1.807) is 0 Å². The molecule has 0 fully saturated rings. The van der Waals surface area contributed by atoms with E-state index in [1.165, 1.54) is 6.07 Å². The van der Waals surface area contributed by atoms with Gasteiger partial charge in [0.15, 0.2) is 0 Å². The largest absolute Gasteiger partial charge is 0.507 e. The lowest BCUT2D eigenvalue weighted by Gasteiger charge is -2.06. The molecule has 16 heavy (non-hydrogen) atoms. The Morgan fingerprint density at radius 2 is 2.19 bits per heavy atom. The molecule has 0 aromatic heterocycles. The first kappa shape index (κ1) is 12.4. The average Bonchev–Trinajstić information content (AvgIpc) is 2.24. The normalized spacial score (nSPS) is 10.1. The molecule has 0 aliphatic rings. The maximum Gasteiger partial charge on any atom is 0.255 e. The fraction of sp³-hybridized carbons (Fsp3) is 0.364. The molecule has 0 spiro atoms. The Balaban J connectivity index is 2.53. The highest BCUT2D eigenvalue weighted by molar-refractivity contribution is 5.96. The van der Waals surface area contributed by atoms with Crippen LogP contribution in [0, 0.1) is 5.82 Å². The molecule has 4 nitrogen and oxygen atoms in total. The minimum atomic E-state index is -0.566. The van der Waals surface area contributed by atoms with Gasteiger partial charge < -0.3 is 15.7 Å². The summed E-state index contributed by atoms with van der Waals surface area (Å²) < 4.78 is 12.7. The molecule has 0 unspecified atom stereocenters. The summed E-state index contributed by atoms with van der Waals surface area (Å²) in [7, 11) is 1.83. The summed E-state index contributed by atoms with van der Waals surface area (Å²) in [5.74, 6) is -1.30. The standard InChI is InChI=1S/C11H15FN2O2/c1-13-5-2-6-14-11(16)9-4-3-8(12)7-10(9)15/h3-4,7,13,15H,2,5-6H2,1H3,(H,14,16). The van der Waals surface area contributed by atoms with Crippen LogP contribution in [-0.2, 0) is 0 Å². The van der Waals surface area contributed by atoms with Crippen LogP contribution in [0.3, 0.4) is 0 Å². The van der Waals surface area contributed by atoms with Crippen LogP contribution in [-0.4, -0.2) is 31.2 Å². The molecular weight excluding hydrogens is 211 g/mol. The van der Waals surface area contributed by atoms with E-state index in [2.05, 4.69) is 10.6 Å². The van der Waals surface area contributed by atoms with Gasteiger partial charge in [-0.3, -0.25) is 4.79 Å². The van der Waals surface area contributed by atoms with E-state index in [1.807, 2.05) is 7.05 Å². The second kappa shape index (κ2) is 6.07. The molecular formula is C11H15FN2O2. The molecule has 0 aliphatic carbocycles. The molecule has 3 N–H and O–H groups in total. The summed E-state index contributed by atoms with van der Waals surface area (Å²) in [5.41, 5.74) is 0.0888. The van der Waals surface area contributed by atoms with Crippen LogP contribution >= 0.6 is 0 Å². The lowest BCUT2D eigenvalue weighted by molar-refractivity contribution is 0.0950. The second-order valence-corrected chi connectivity index (χ2v) is 3.37. The molecule has 0 atom stereocenters. The maximum absolute atomic E-state index is 12.7. The number of rotatable bonds is 5. The van der Waals surface area contributed by atoms with Crippen LogP contribution in [0.15, 0.2) is 18.2 Å². The van der Waals surface area contributed by atoms with Gasteiger partial charge in [-0.15, -0.1) is 0 Å². The van der Waals surface area contributed by atoms with Crippen LogP contribution < -0.4 is 10.6 Å².